The molecule has 1 amide bonds. The van der Waals surface area contributed by atoms with Gasteiger partial charge >= 0.3 is 5.69 Å². The highest BCUT2D eigenvalue weighted by atomic mass is 16.5. The summed E-state index contributed by atoms with van der Waals surface area (Å²) in [6, 6.07) is 12.6. The second-order valence-corrected chi connectivity index (χ2v) is 6.07. The number of aryl methyl sites for hydroxylation is 1. The van der Waals surface area contributed by atoms with Crippen LogP contribution in [0.2, 0.25) is 0 Å². The SMILES string of the molecule is COc1ccc(NC(=O)Cn2ncc(-c3ccc(C)cc3)nc2=O)cc1OC. The summed E-state index contributed by atoms with van der Waals surface area (Å²) in [5.41, 5.74) is 2.27. The minimum Gasteiger partial charge on any atom is -0.493 e. The fraction of sp³-hybridized carbons (Fsp3) is 0.200. The number of rotatable bonds is 6. The minimum absolute atomic E-state index is 0.256. The van der Waals surface area contributed by atoms with Crippen LogP contribution < -0.4 is 20.5 Å². The van der Waals surface area contributed by atoms with Gasteiger partial charge in [-0.15, -0.1) is 0 Å². The van der Waals surface area contributed by atoms with E-state index in [1.807, 2.05) is 31.2 Å². The molecule has 8 nitrogen and oxygen atoms in total. The van der Waals surface area contributed by atoms with E-state index in [2.05, 4.69) is 15.4 Å². The zero-order chi connectivity index (χ0) is 20.1. The van der Waals surface area contributed by atoms with Crippen LogP contribution in [-0.4, -0.2) is 34.9 Å². The maximum Gasteiger partial charge on any atom is 0.365 e. The molecule has 2 aromatic carbocycles. The Bertz CT molecular complexity index is 1040. The van der Waals surface area contributed by atoms with Crippen LogP contribution in [-0.2, 0) is 11.3 Å². The van der Waals surface area contributed by atoms with Crippen LogP contribution in [0.3, 0.4) is 0 Å². The van der Waals surface area contributed by atoms with Crippen molar-refractivity contribution in [3.8, 4) is 22.8 Å². The molecule has 0 saturated carbocycles. The van der Waals surface area contributed by atoms with Gasteiger partial charge in [-0.25, -0.2) is 9.48 Å². The molecule has 28 heavy (non-hydrogen) atoms. The van der Waals surface area contributed by atoms with Gasteiger partial charge in [-0.05, 0) is 19.1 Å². The van der Waals surface area contributed by atoms with E-state index in [-0.39, 0.29) is 6.54 Å². The lowest BCUT2D eigenvalue weighted by atomic mass is 10.1. The summed E-state index contributed by atoms with van der Waals surface area (Å²) in [6.45, 7) is 1.72. The van der Waals surface area contributed by atoms with Crippen molar-refractivity contribution >= 4 is 11.6 Å². The number of carbonyl (C=O) groups excluding carboxylic acids is 1. The van der Waals surface area contributed by atoms with Crippen LogP contribution in [0.15, 0.2) is 53.5 Å². The first kappa shape index (κ1) is 19.1. The standard InChI is InChI=1S/C20H20N4O4/c1-13-4-6-14(7-5-13)16-11-21-24(20(26)23-16)12-19(25)22-15-8-9-17(27-2)18(10-15)28-3/h4-11H,12H2,1-3H3,(H,22,25). The molecule has 144 valence electrons. The molecule has 0 fully saturated rings. The van der Waals surface area contributed by atoms with Crippen molar-refractivity contribution in [1.82, 2.24) is 14.8 Å². The lowest BCUT2D eigenvalue weighted by molar-refractivity contribution is -0.117. The first-order valence-electron chi connectivity index (χ1n) is 8.53. The van der Waals surface area contributed by atoms with Crippen LogP contribution in [0.5, 0.6) is 11.5 Å². The summed E-state index contributed by atoms with van der Waals surface area (Å²) in [5.74, 6) is 0.626. The molecule has 0 aliphatic heterocycles. The molecular weight excluding hydrogens is 360 g/mol. The van der Waals surface area contributed by atoms with Crippen molar-refractivity contribution in [2.45, 2.75) is 13.5 Å². The van der Waals surface area contributed by atoms with E-state index in [1.165, 1.54) is 20.4 Å². The van der Waals surface area contributed by atoms with Gasteiger partial charge in [-0.2, -0.15) is 10.1 Å². The molecule has 0 aliphatic carbocycles. The van der Waals surface area contributed by atoms with Crippen LogP contribution in [0, 0.1) is 6.92 Å². The number of aromatic nitrogens is 3. The number of hydrogen-bond donors (Lipinski definition) is 1. The van der Waals surface area contributed by atoms with E-state index in [1.54, 1.807) is 18.2 Å². The smallest absolute Gasteiger partial charge is 0.365 e. The summed E-state index contributed by atoms with van der Waals surface area (Å²) >= 11 is 0. The molecule has 0 radical (unpaired) electrons. The van der Waals surface area contributed by atoms with Gasteiger partial charge in [0, 0.05) is 17.3 Å². The van der Waals surface area contributed by atoms with E-state index in [0.717, 1.165) is 15.8 Å². The minimum atomic E-state index is -0.597. The average molecular weight is 380 g/mol. The number of amides is 1. The molecule has 0 saturated heterocycles. The molecule has 0 bridgehead atoms. The van der Waals surface area contributed by atoms with Gasteiger partial charge in [-0.1, -0.05) is 29.8 Å². The predicted molar refractivity (Wildman–Crippen MR) is 105 cm³/mol. The van der Waals surface area contributed by atoms with Crippen LogP contribution >= 0.6 is 0 Å². The molecule has 0 atom stereocenters. The summed E-state index contributed by atoms with van der Waals surface area (Å²) in [5, 5.41) is 6.75. The highest BCUT2D eigenvalue weighted by Gasteiger charge is 2.11. The Kier molecular flexibility index (Phi) is 5.69. The summed E-state index contributed by atoms with van der Waals surface area (Å²) in [6.07, 6.45) is 1.47. The highest BCUT2D eigenvalue weighted by molar-refractivity contribution is 5.90. The number of anilines is 1. The zero-order valence-electron chi connectivity index (χ0n) is 15.8. The highest BCUT2D eigenvalue weighted by Crippen LogP contribution is 2.29. The van der Waals surface area contributed by atoms with E-state index in [9.17, 15) is 9.59 Å². The van der Waals surface area contributed by atoms with E-state index in [4.69, 9.17) is 9.47 Å². The number of nitrogens with zero attached hydrogens (tertiary/aromatic N) is 3. The van der Waals surface area contributed by atoms with Gasteiger partial charge in [0.2, 0.25) is 5.91 Å². The van der Waals surface area contributed by atoms with E-state index >= 15 is 0 Å². The molecule has 8 heteroatoms. The van der Waals surface area contributed by atoms with Gasteiger partial charge in [0.25, 0.3) is 0 Å². The number of hydrogen-bond acceptors (Lipinski definition) is 6. The van der Waals surface area contributed by atoms with Gasteiger partial charge in [0.15, 0.2) is 11.5 Å². The van der Waals surface area contributed by atoms with Gasteiger partial charge < -0.3 is 14.8 Å². The van der Waals surface area contributed by atoms with Crippen LogP contribution in [0.1, 0.15) is 5.56 Å². The Hall–Kier alpha value is -3.68. The lowest BCUT2D eigenvalue weighted by Crippen LogP contribution is -2.31. The van der Waals surface area contributed by atoms with E-state index in [0.29, 0.717) is 22.9 Å². The van der Waals surface area contributed by atoms with Gasteiger partial charge in [0.1, 0.15) is 6.54 Å². The largest absolute Gasteiger partial charge is 0.493 e. The molecule has 0 unspecified atom stereocenters. The number of benzene rings is 2. The molecule has 1 N–H and O–H groups in total. The molecule has 0 spiro atoms. The number of carbonyl (C=O) groups is 1. The van der Waals surface area contributed by atoms with Crippen molar-refractivity contribution in [3.63, 3.8) is 0 Å². The first-order valence-corrected chi connectivity index (χ1v) is 8.53. The summed E-state index contributed by atoms with van der Waals surface area (Å²) in [4.78, 5) is 28.5. The normalized spacial score (nSPS) is 10.4. The van der Waals surface area contributed by atoms with Gasteiger partial charge in [0.05, 0.1) is 26.1 Å². The first-order chi connectivity index (χ1) is 13.5. The van der Waals surface area contributed by atoms with Crippen molar-refractivity contribution in [1.29, 1.82) is 0 Å². The summed E-state index contributed by atoms with van der Waals surface area (Å²) in [7, 11) is 3.04. The van der Waals surface area contributed by atoms with Crippen molar-refractivity contribution in [2.24, 2.45) is 0 Å². The fourth-order valence-electron chi connectivity index (χ4n) is 2.59. The van der Waals surface area contributed by atoms with Crippen LogP contribution in [0.4, 0.5) is 5.69 Å². The fourth-order valence-corrected chi connectivity index (χ4v) is 2.59. The quantitative estimate of drug-likeness (QED) is 0.705. The third kappa shape index (κ3) is 4.35. The zero-order valence-corrected chi connectivity index (χ0v) is 15.8. The Morgan fingerprint density at radius 2 is 1.79 bits per heavy atom. The Morgan fingerprint density at radius 3 is 2.43 bits per heavy atom. The Labute approximate surface area is 161 Å². The van der Waals surface area contributed by atoms with Crippen LogP contribution in [0.25, 0.3) is 11.3 Å². The second-order valence-electron chi connectivity index (χ2n) is 6.07. The molecule has 1 heterocycles. The summed E-state index contributed by atoms with van der Waals surface area (Å²) < 4.78 is 11.4. The maximum atomic E-state index is 12.3. The average Bonchev–Trinajstić information content (AvgIpc) is 2.70. The lowest BCUT2D eigenvalue weighted by Gasteiger charge is -2.11. The number of methoxy groups -OCH3 is 2. The van der Waals surface area contributed by atoms with Crippen molar-refractivity contribution in [3.05, 3.63) is 64.7 Å². The third-order valence-electron chi connectivity index (χ3n) is 4.06. The third-order valence-corrected chi connectivity index (χ3v) is 4.06. The van der Waals surface area contributed by atoms with Gasteiger partial charge in [-0.3, -0.25) is 4.79 Å². The second kappa shape index (κ2) is 8.34. The number of nitrogens with one attached hydrogen (secondary N) is 1. The predicted octanol–water partition coefficient (Wildman–Crippen LogP) is 2.27. The molecular formula is C20H20N4O4. The Balaban J connectivity index is 1.72. The van der Waals surface area contributed by atoms with Crippen molar-refractivity contribution in [2.75, 3.05) is 19.5 Å². The molecule has 3 aromatic rings. The van der Waals surface area contributed by atoms with Crippen molar-refractivity contribution < 1.29 is 14.3 Å². The van der Waals surface area contributed by atoms with E-state index < -0.39 is 11.6 Å². The number of ether oxygens (including phenoxy) is 2. The molecule has 0 aliphatic rings. The molecule has 1 aromatic heterocycles. The monoisotopic (exact) mass is 380 g/mol. The maximum absolute atomic E-state index is 12.3. The Morgan fingerprint density at radius 1 is 1.07 bits per heavy atom. The molecule has 3 rings (SSSR count). The topological polar surface area (TPSA) is 95.3 Å².